The minimum Gasteiger partial charge on any atom is -0.360 e. The summed E-state index contributed by atoms with van der Waals surface area (Å²) in [6.07, 6.45) is 0.852. The highest BCUT2D eigenvalue weighted by molar-refractivity contribution is 7.15. The van der Waals surface area contributed by atoms with Crippen molar-refractivity contribution in [2.75, 3.05) is 11.9 Å². The predicted molar refractivity (Wildman–Crippen MR) is 68.0 cm³/mol. The topological polar surface area (TPSA) is 37.8 Å². The Morgan fingerprint density at radius 3 is 2.76 bits per heavy atom. The number of rotatable bonds is 4. The summed E-state index contributed by atoms with van der Waals surface area (Å²) in [5, 5.41) is 12.9. The van der Waals surface area contributed by atoms with Gasteiger partial charge in [0.05, 0.1) is 0 Å². The van der Waals surface area contributed by atoms with Gasteiger partial charge in [-0.1, -0.05) is 17.4 Å². The summed E-state index contributed by atoms with van der Waals surface area (Å²) in [7, 11) is 0. The maximum atomic E-state index is 12.9. The normalized spacial score (nSPS) is 10.5. The fourth-order valence-corrected chi connectivity index (χ4v) is 2.23. The van der Waals surface area contributed by atoms with Gasteiger partial charge in [-0.25, -0.2) is 4.39 Å². The molecule has 0 fully saturated rings. The van der Waals surface area contributed by atoms with Crippen molar-refractivity contribution < 1.29 is 4.39 Å². The molecule has 2 aromatic rings. The molecule has 1 aromatic heterocycles. The summed E-state index contributed by atoms with van der Waals surface area (Å²) in [4.78, 5) is 0. The Morgan fingerprint density at radius 1 is 1.29 bits per heavy atom. The van der Waals surface area contributed by atoms with Gasteiger partial charge in [-0.2, -0.15) is 0 Å². The van der Waals surface area contributed by atoms with Crippen molar-refractivity contribution in [3.63, 3.8) is 0 Å². The lowest BCUT2D eigenvalue weighted by molar-refractivity contribution is 0.625. The summed E-state index contributed by atoms with van der Waals surface area (Å²) >= 11 is 1.54. The molecule has 3 nitrogen and oxygen atoms in total. The molecule has 5 heteroatoms. The average Bonchev–Trinajstić information content (AvgIpc) is 2.68. The van der Waals surface area contributed by atoms with Crippen molar-refractivity contribution in [1.82, 2.24) is 10.2 Å². The Balaban J connectivity index is 1.90. The van der Waals surface area contributed by atoms with E-state index in [1.54, 1.807) is 6.07 Å². The lowest BCUT2D eigenvalue weighted by atomic mass is 10.1. The molecule has 2 rings (SSSR count). The fourth-order valence-electron chi connectivity index (χ4n) is 1.61. The van der Waals surface area contributed by atoms with Gasteiger partial charge in [0.15, 0.2) is 0 Å². The van der Waals surface area contributed by atoms with Crippen molar-refractivity contribution in [2.45, 2.75) is 20.3 Å². The van der Waals surface area contributed by atoms with E-state index in [1.807, 2.05) is 19.9 Å². The van der Waals surface area contributed by atoms with E-state index < -0.39 is 0 Å². The molecular weight excluding hydrogens is 237 g/mol. The fraction of sp³-hybridized carbons (Fsp3) is 0.333. The first-order valence-corrected chi connectivity index (χ1v) is 6.26. The largest absolute Gasteiger partial charge is 0.360 e. The molecule has 17 heavy (non-hydrogen) atoms. The molecule has 0 aliphatic carbocycles. The Morgan fingerprint density at radius 2 is 2.12 bits per heavy atom. The van der Waals surface area contributed by atoms with Gasteiger partial charge in [0.2, 0.25) is 5.13 Å². The zero-order valence-corrected chi connectivity index (χ0v) is 10.6. The summed E-state index contributed by atoms with van der Waals surface area (Å²) < 4.78 is 12.9. The van der Waals surface area contributed by atoms with Crippen LogP contribution in [0.5, 0.6) is 0 Å². The van der Waals surface area contributed by atoms with E-state index in [4.69, 9.17) is 0 Å². The maximum Gasteiger partial charge on any atom is 0.205 e. The molecule has 1 heterocycles. The molecule has 0 atom stereocenters. The third-order valence-electron chi connectivity index (χ3n) is 2.50. The quantitative estimate of drug-likeness (QED) is 0.907. The summed E-state index contributed by atoms with van der Waals surface area (Å²) in [5.74, 6) is -0.182. The number of aryl methyl sites for hydroxylation is 2. The van der Waals surface area contributed by atoms with Crippen molar-refractivity contribution in [2.24, 2.45) is 0 Å². The SMILES string of the molecule is Cc1nnc(NCCc2ccc(F)cc2C)s1. The van der Waals surface area contributed by atoms with Crippen LogP contribution in [0.25, 0.3) is 0 Å². The summed E-state index contributed by atoms with van der Waals surface area (Å²) in [6.45, 7) is 4.63. The molecule has 0 unspecified atom stereocenters. The van der Waals surface area contributed by atoms with Crippen LogP contribution < -0.4 is 5.32 Å². The second-order valence-electron chi connectivity index (χ2n) is 3.87. The maximum absolute atomic E-state index is 12.9. The first kappa shape index (κ1) is 12.0. The molecule has 0 bridgehead atoms. The molecule has 0 aliphatic rings. The van der Waals surface area contributed by atoms with Gasteiger partial charge in [-0.05, 0) is 43.5 Å². The third-order valence-corrected chi connectivity index (χ3v) is 3.30. The number of nitrogens with zero attached hydrogens (tertiary/aromatic N) is 2. The first-order chi connectivity index (χ1) is 8.15. The summed E-state index contributed by atoms with van der Waals surface area (Å²) in [5.41, 5.74) is 2.14. The van der Waals surface area contributed by atoms with E-state index in [9.17, 15) is 4.39 Å². The van der Waals surface area contributed by atoms with Gasteiger partial charge in [-0.3, -0.25) is 0 Å². The van der Waals surface area contributed by atoms with Gasteiger partial charge in [0.25, 0.3) is 0 Å². The zero-order valence-electron chi connectivity index (χ0n) is 9.83. The Hall–Kier alpha value is -1.49. The predicted octanol–water partition coefficient (Wildman–Crippen LogP) is 2.95. The van der Waals surface area contributed by atoms with Crippen molar-refractivity contribution in [3.8, 4) is 0 Å². The van der Waals surface area contributed by atoms with Crippen LogP contribution in [0.4, 0.5) is 9.52 Å². The Kier molecular flexibility index (Phi) is 3.68. The molecule has 1 aromatic carbocycles. The molecule has 0 saturated heterocycles. The number of aromatic nitrogens is 2. The van der Waals surface area contributed by atoms with Crippen molar-refractivity contribution in [1.29, 1.82) is 0 Å². The zero-order chi connectivity index (χ0) is 12.3. The van der Waals surface area contributed by atoms with Crippen LogP contribution in [0.3, 0.4) is 0 Å². The number of benzene rings is 1. The number of hydrogen-bond donors (Lipinski definition) is 1. The van der Waals surface area contributed by atoms with Crippen LogP contribution in [-0.4, -0.2) is 16.7 Å². The first-order valence-electron chi connectivity index (χ1n) is 5.44. The molecule has 0 aliphatic heterocycles. The number of anilines is 1. The van der Waals surface area contributed by atoms with Gasteiger partial charge in [-0.15, -0.1) is 10.2 Å². The molecular formula is C12H14FN3S. The lowest BCUT2D eigenvalue weighted by Crippen LogP contribution is -2.05. The number of hydrogen-bond acceptors (Lipinski definition) is 4. The van der Waals surface area contributed by atoms with Crippen molar-refractivity contribution in [3.05, 3.63) is 40.2 Å². The standard InChI is InChI=1S/C12H14FN3S/c1-8-7-11(13)4-3-10(8)5-6-14-12-16-15-9(2)17-12/h3-4,7H,5-6H2,1-2H3,(H,14,16). The molecule has 0 spiro atoms. The molecule has 0 amide bonds. The van der Waals surface area contributed by atoms with E-state index in [0.717, 1.165) is 34.2 Å². The van der Waals surface area contributed by atoms with Gasteiger partial charge < -0.3 is 5.32 Å². The van der Waals surface area contributed by atoms with E-state index in [0.29, 0.717) is 0 Å². The van der Waals surface area contributed by atoms with Gasteiger partial charge in [0.1, 0.15) is 10.8 Å². The number of nitrogens with one attached hydrogen (secondary N) is 1. The second kappa shape index (κ2) is 5.23. The van der Waals surface area contributed by atoms with E-state index in [1.165, 1.54) is 17.4 Å². The van der Waals surface area contributed by atoms with E-state index in [2.05, 4.69) is 15.5 Å². The minimum absolute atomic E-state index is 0.182. The summed E-state index contributed by atoms with van der Waals surface area (Å²) in [6, 6.07) is 4.89. The molecule has 1 N–H and O–H groups in total. The Bertz CT molecular complexity index is 510. The molecule has 90 valence electrons. The van der Waals surface area contributed by atoms with E-state index >= 15 is 0 Å². The van der Waals surface area contributed by atoms with Crippen LogP contribution >= 0.6 is 11.3 Å². The average molecular weight is 251 g/mol. The van der Waals surface area contributed by atoms with Crippen LogP contribution in [0, 0.1) is 19.7 Å². The second-order valence-corrected chi connectivity index (χ2v) is 5.06. The smallest absolute Gasteiger partial charge is 0.205 e. The highest BCUT2D eigenvalue weighted by atomic mass is 32.1. The Labute approximate surface area is 104 Å². The van der Waals surface area contributed by atoms with Crippen LogP contribution in [-0.2, 0) is 6.42 Å². The van der Waals surface area contributed by atoms with Gasteiger partial charge in [0, 0.05) is 6.54 Å². The molecule has 0 saturated carbocycles. The third kappa shape index (κ3) is 3.23. The highest BCUT2D eigenvalue weighted by Gasteiger charge is 2.02. The van der Waals surface area contributed by atoms with Crippen LogP contribution in [0.15, 0.2) is 18.2 Å². The number of halogens is 1. The van der Waals surface area contributed by atoms with Gasteiger partial charge >= 0.3 is 0 Å². The van der Waals surface area contributed by atoms with E-state index in [-0.39, 0.29) is 5.82 Å². The van der Waals surface area contributed by atoms with Crippen molar-refractivity contribution >= 4 is 16.5 Å². The lowest BCUT2D eigenvalue weighted by Gasteiger charge is -2.06. The van der Waals surface area contributed by atoms with Crippen LogP contribution in [0.1, 0.15) is 16.1 Å². The highest BCUT2D eigenvalue weighted by Crippen LogP contribution is 2.14. The monoisotopic (exact) mass is 251 g/mol. The minimum atomic E-state index is -0.182. The molecule has 0 radical (unpaired) electrons. The van der Waals surface area contributed by atoms with Crippen LogP contribution in [0.2, 0.25) is 0 Å².